The molecule has 0 aliphatic carbocycles. The zero-order valence-electron chi connectivity index (χ0n) is 11.7. The molecule has 0 aliphatic heterocycles. The van der Waals surface area contributed by atoms with Crippen LogP contribution in [0.3, 0.4) is 0 Å². The van der Waals surface area contributed by atoms with Crippen molar-refractivity contribution in [2.45, 2.75) is 45.3 Å². The van der Waals surface area contributed by atoms with Gasteiger partial charge in [0.1, 0.15) is 0 Å². The Kier molecular flexibility index (Phi) is 6.90. The maximum atomic E-state index is 5.40. The number of rotatable bonds is 7. The third-order valence-corrected chi connectivity index (χ3v) is 3.66. The van der Waals surface area contributed by atoms with Crippen molar-refractivity contribution in [2.75, 3.05) is 13.7 Å². The Labute approximate surface area is 119 Å². The van der Waals surface area contributed by atoms with E-state index in [1.807, 2.05) is 0 Å². The predicted molar refractivity (Wildman–Crippen MR) is 81.1 cm³/mol. The maximum absolute atomic E-state index is 5.40. The molecule has 2 atom stereocenters. The van der Waals surface area contributed by atoms with Crippen LogP contribution in [0.2, 0.25) is 0 Å². The van der Waals surface area contributed by atoms with Crippen molar-refractivity contribution < 1.29 is 4.74 Å². The van der Waals surface area contributed by atoms with E-state index in [4.69, 9.17) is 4.74 Å². The monoisotopic (exact) mass is 313 g/mol. The van der Waals surface area contributed by atoms with Crippen molar-refractivity contribution in [3.63, 3.8) is 0 Å². The summed E-state index contributed by atoms with van der Waals surface area (Å²) >= 11 is 3.48. The Balaban J connectivity index is 2.72. The Morgan fingerprint density at radius 1 is 1.17 bits per heavy atom. The number of ether oxygens (including phenoxy) is 1. The van der Waals surface area contributed by atoms with Crippen LogP contribution in [0.1, 0.15) is 38.7 Å². The molecule has 2 unspecified atom stereocenters. The molecule has 0 aromatic heterocycles. The molecular formula is C15H24BrNO. The van der Waals surface area contributed by atoms with Crippen LogP contribution >= 0.6 is 15.9 Å². The second kappa shape index (κ2) is 7.93. The summed E-state index contributed by atoms with van der Waals surface area (Å²) in [6.07, 6.45) is 1.32. The van der Waals surface area contributed by atoms with Crippen LogP contribution < -0.4 is 5.32 Å². The Morgan fingerprint density at radius 3 is 2.28 bits per heavy atom. The summed E-state index contributed by atoms with van der Waals surface area (Å²) in [5, 5.41) is 3.52. The van der Waals surface area contributed by atoms with Gasteiger partial charge in [0.25, 0.3) is 0 Å². The Hall–Kier alpha value is -0.380. The van der Waals surface area contributed by atoms with Gasteiger partial charge in [0.05, 0.1) is 6.10 Å². The smallest absolute Gasteiger partial charge is 0.0549 e. The largest absolute Gasteiger partial charge is 0.382 e. The van der Waals surface area contributed by atoms with Crippen LogP contribution in [0.4, 0.5) is 0 Å². The summed E-state index contributed by atoms with van der Waals surface area (Å²) in [6, 6.07) is 9.11. The molecule has 0 bridgehead atoms. The van der Waals surface area contributed by atoms with Gasteiger partial charge in [0.15, 0.2) is 0 Å². The minimum atomic E-state index is 0.285. The van der Waals surface area contributed by atoms with Gasteiger partial charge in [-0.3, -0.25) is 0 Å². The minimum absolute atomic E-state index is 0.285. The second-order valence-electron chi connectivity index (χ2n) is 5.09. The standard InChI is InChI=1S/C15H24BrNO/c1-11(2)17-10-14(9-12(3)18-4)13-5-7-15(16)8-6-13/h5-8,11-12,14,17H,9-10H2,1-4H3. The van der Waals surface area contributed by atoms with Gasteiger partial charge in [-0.1, -0.05) is 41.9 Å². The average molecular weight is 314 g/mol. The molecule has 0 saturated heterocycles. The zero-order valence-corrected chi connectivity index (χ0v) is 13.3. The first kappa shape index (κ1) is 15.7. The molecule has 102 valence electrons. The zero-order chi connectivity index (χ0) is 13.5. The lowest BCUT2D eigenvalue weighted by Gasteiger charge is -2.22. The van der Waals surface area contributed by atoms with E-state index in [9.17, 15) is 0 Å². The van der Waals surface area contributed by atoms with E-state index in [1.165, 1.54) is 5.56 Å². The fourth-order valence-electron chi connectivity index (χ4n) is 1.95. The summed E-state index contributed by atoms with van der Waals surface area (Å²) in [6.45, 7) is 7.48. The maximum Gasteiger partial charge on any atom is 0.0549 e. The van der Waals surface area contributed by atoms with Crippen molar-refractivity contribution in [1.82, 2.24) is 5.32 Å². The normalized spacial score (nSPS) is 14.8. The first-order valence-corrected chi connectivity index (χ1v) is 7.33. The molecule has 0 fully saturated rings. The lowest BCUT2D eigenvalue weighted by Crippen LogP contribution is -2.29. The third-order valence-electron chi connectivity index (χ3n) is 3.13. The van der Waals surface area contributed by atoms with Crippen LogP contribution in [0.25, 0.3) is 0 Å². The van der Waals surface area contributed by atoms with E-state index >= 15 is 0 Å². The average Bonchev–Trinajstić information content (AvgIpc) is 2.35. The van der Waals surface area contributed by atoms with Gasteiger partial charge in [-0.15, -0.1) is 0 Å². The fraction of sp³-hybridized carbons (Fsp3) is 0.600. The topological polar surface area (TPSA) is 21.3 Å². The summed E-state index contributed by atoms with van der Waals surface area (Å²) in [7, 11) is 1.78. The number of hydrogen-bond acceptors (Lipinski definition) is 2. The van der Waals surface area contributed by atoms with Gasteiger partial charge in [-0.2, -0.15) is 0 Å². The molecule has 18 heavy (non-hydrogen) atoms. The van der Waals surface area contributed by atoms with E-state index in [-0.39, 0.29) is 6.10 Å². The molecule has 0 heterocycles. The number of benzene rings is 1. The molecule has 2 nitrogen and oxygen atoms in total. The number of hydrogen-bond donors (Lipinski definition) is 1. The molecule has 1 rings (SSSR count). The van der Waals surface area contributed by atoms with E-state index in [0.29, 0.717) is 12.0 Å². The molecular weight excluding hydrogens is 290 g/mol. The highest BCUT2D eigenvalue weighted by molar-refractivity contribution is 9.10. The highest BCUT2D eigenvalue weighted by atomic mass is 79.9. The van der Waals surface area contributed by atoms with Crippen molar-refractivity contribution in [2.24, 2.45) is 0 Å². The Morgan fingerprint density at radius 2 is 1.78 bits per heavy atom. The first-order valence-electron chi connectivity index (χ1n) is 6.54. The predicted octanol–water partition coefficient (Wildman–Crippen LogP) is 3.96. The molecule has 0 aliphatic rings. The van der Waals surface area contributed by atoms with E-state index in [1.54, 1.807) is 7.11 Å². The lowest BCUT2D eigenvalue weighted by molar-refractivity contribution is 0.104. The first-order chi connectivity index (χ1) is 8.52. The van der Waals surface area contributed by atoms with Crippen molar-refractivity contribution in [3.05, 3.63) is 34.3 Å². The van der Waals surface area contributed by atoms with Crippen LogP contribution in [0, 0.1) is 0 Å². The Bertz CT molecular complexity index is 337. The van der Waals surface area contributed by atoms with E-state index in [2.05, 4.69) is 66.3 Å². The summed E-state index contributed by atoms with van der Waals surface area (Å²) in [5.41, 5.74) is 1.37. The summed E-state index contributed by atoms with van der Waals surface area (Å²) in [5.74, 6) is 0.496. The summed E-state index contributed by atoms with van der Waals surface area (Å²) in [4.78, 5) is 0. The van der Waals surface area contributed by atoms with Crippen LogP contribution in [0.15, 0.2) is 28.7 Å². The van der Waals surface area contributed by atoms with Crippen molar-refractivity contribution >= 4 is 15.9 Å². The SMILES string of the molecule is COC(C)CC(CNC(C)C)c1ccc(Br)cc1. The lowest BCUT2D eigenvalue weighted by atomic mass is 9.93. The highest BCUT2D eigenvalue weighted by Gasteiger charge is 2.15. The number of methoxy groups -OCH3 is 1. The van der Waals surface area contributed by atoms with E-state index < -0.39 is 0 Å². The van der Waals surface area contributed by atoms with Crippen LogP contribution in [-0.4, -0.2) is 25.8 Å². The van der Waals surface area contributed by atoms with Crippen molar-refractivity contribution in [1.29, 1.82) is 0 Å². The molecule has 3 heteroatoms. The summed E-state index contributed by atoms with van der Waals surface area (Å²) < 4.78 is 6.52. The van der Waals surface area contributed by atoms with Gasteiger partial charge in [-0.25, -0.2) is 0 Å². The molecule has 0 spiro atoms. The molecule has 1 aromatic carbocycles. The van der Waals surface area contributed by atoms with Gasteiger partial charge in [-0.05, 0) is 37.0 Å². The molecule has 0 radical (unpaired) electrons. The van der Waals surface area contributed by atoms with E-state index in [0.717, 1.165) is 17.4 Å². The molecule has 0 amide bonds. The van der Waals surface area contributed by atoms with Crippen LogP contribution in [0.5, 0.6) is 0 Å². The number of halogens is 1. The second-order valence-corrected chi connectivity index (χ2v) is 6.01. The molecule has 0 saturated carbocycles. The fourth-order valence-corrected chi connectivity index (χ4v) is 2.21. The van der Waals surface area contributed by atoms with Crippen LogP contribution in [-0.2, 0) is 4.74 Å². The number of nitrogens with one attached hydrogen (secondary N) is 1. The quantitative estimate of drug-likeness (QED) is 0.822. The van der Waals surface area contributed by atoms with Gasteiger partial charge >= 0.3 is 0 Å². The minimum Gasteiger partial charge on any atom is -0.382 e. The van der Waals surface area contributed by atoms with Gasteiger partial charge in [0, 0.05) is 24.2 Å². The highest BCUT2D eigenvalue weighted by Crippen LogP contribution is 2.23. The van der Waals surface area contributed by atoms with Gasteiger partial charge < -0.3 is 10.1 Å². The molecule has 1 aromatic rings. The van der Waals surface area contributed by atoms with Crippen molar-refractivity contribution in [3.8, 4) is 0 Å². The molecule has 1 N–H and O–H groups in total. The van der Waals surface area contributed by atoms with Gasteiger partial charge in [0.2, 0.25) is 0 Å². The third kappa shape index (κ3) is 5.51.